The SMILES string of the molecule is CN1CCN([C@@H](CNC(=O)c2ccccc2Br)c2cccs2)CC1. The molecule has 1 fully saturated rings. The molecular weight excluding hydrogens is 386 g/mol. The number of piperazine rings is 1. The molecule has 1 aliphatic rings. The van der Waals surface area contributed by atoms with Crippen LogP contribution in [-0.2, 0) is 0 Å². The van der Waals surface area contributed by atoms with Crippen LogP contribution in [0.25, 0.3) is 0 Å². The second kappa shape index (κ2) is 8.25. The summed E-state index contributed by atoms with van der Waals surface area (Å²) in [6.45, 7) is 4.83. The predicted octanol–water partition coefficient (Wildman–Crippen LogP) is 3.23. The standard InChI is InChI=1S/C18H22BrN3OS/c1-21-8-10-22(11-9-21)16(17-7-4-12-24-17)13-20-18(23)14-5-2-3-6-15(14)19/h2-7,12,16H,8-11,13H2,1H3,(H,20,23)/t16-/m0/s1. The molecule has 1 aromatic carbocycles. The fourth-order valence-corrected chi connectivity index (χ4v) is 4.28. The topological polar surface area (TPSA) is 35.6 Å². The Labute approximate surface area is 155 Å². The lowest BCUT2D eigenvalue weighted by molar-refractivity contribution is 0.0889. The van der Waals surface area contributed by atoms with Gasteiger partial charge in [0.1, 0.15) is 0 Å². The fraction of sp³-hybridized carbons (Fsp3) is 0.389. The first-order chi connectivity index (χ1) is 11.6. The highest BCUT2D eigenvalue weighted by Gasteiger charge is 2.25. The van der Waals surface area contributed by atoms with Gasteiger partial charge >= 0.3 is 0 Å². The number of carbonyl (C=O) groups excluding carboxylic acids is 1. The third-order valence-electron chi connectivity index (χ3n) is 4.42. The zero-order valence-corrected chi connectivity index (χ0v) is 16.1. The molecule has 1 atom stereocenters. The molecule has 3 rings (SSSR count). The van der Waals surface area contributed by atoms with Crippen molar-refractivity contribution in [2.45, 2.75) is 6.04 Å². The van der Waals surface area contributed by atoms with Gasteiger partial charge in [0, 0.05) is 42.1 Å². The maximum absolute atomic E-state index is 12.5. The Bertz CT molecular complexity index is 669. The van der Waals surface area contributed by atoms with Crippen molar-refractivity contribution in [2.24, 2.45) is 0 Å². The van der Waals surface area contributed by atoms with Crippen molar-refractivity contribution in [1.82, 2.24) is 15.1 Å². The van der Waals surface area contributed by atoms with Crippen LogP contribution in [0.3, 0.4) is 0 Å². The summed E-state index contributed by atoms with van der Waals surface area (Å²) in [6, 6.07) is 12.0. The van der Waals surface area contributed by atoms with Crippen LogP contribution >= 0.6 is 27.3 Å². The van der Waals surface area contributed by atoms with Crippen LogP contribution in [0, 0.1) is 0 Å². The number of nitrogens with one attached hydrogen (secondary N) is 1. The number of nitrogens with zero attached hydrogens (tertiary/aromatic N) is 2. The predicted molar refractivity (Wildman–Crippen MR) is 103 cm³/mol. The molecule has 2 aromatic rings. The minimum atomic E-state index is -0.0295. The molecule has 2 heterocycles. The number of halogens is 1. The van der Waals surface area contributed by atoms with Crippen LogP contribution in [0.2, 0.25) is 0 Å². The highest BCUT2D eigenvalue weighted by Crippen LogP contribution is 2.26. The summed E-state index contributed by atoms with van der Waals surface area (Å²) in [5, 5.41) is 5.22. The Hall–Kier alpha value is -1.21. The normalized spacial score (nSPS) is 17.6. The van der Waals surface area contributed by atoms with Gasteiger partial charge in [0.2, 0.25) is 0 Å². The first-order valence-corrected chi connectivity index (χ1v) is 9.81. The zero-order valence-electron chi connectivity index (χ0n) is 13.7. The van der Waals surface area contributed by atoms with Gasteiger partial charge in [0.15, 0.2) is 0 Å². The van der Waals surface area contributed by atoms with Crippen molar-refractivity contribution in [3.05, 3.63) is 56.7 Å². The first-order valence-electron chi connectivity index (χ1n) is 8.14. The maximum atomic E-state index is 12.5. The Balaban J connectivity index is 1.68. The quantitative estimate of drug-likeness (QED) is 0.825. The Morgan fingerprint density at radius 2 is 1.96 bits per heavy atom. The molecule has 24 heavy (non-hydrogen) atoms. The van der Waals surface area contributed by atoms with Crippen molar-refractivity contribution in [2.75, 3.05) is 39.8 Å². The van der Waals surface area contributed by atoms with Crippen LogP contribution < -0.4 is 5.32 Å². The molecule has 1 amide bonds. The van der Waals surface area contributed by atoms with E-state index in [1.54, 1.807) is 11.3 Å². The summed E-state index contributed by atoms with van der Waals surface area (Å²) in [7, 11) is 2.16. The van der Waals surface area contributed by atoms with E-state index in [4.69, 9.17) is 0 Å². The van der Waals surface area contributed by atoms with E-state index >= 15 is 0 Å². The van der Waals surface area contributed by atoms with Crippen molar-refractivity contribution >= 4 is 33.2 Å². The Morgan fingerprint density at radius 3 is 2.62 bits per heavy atom. The van der Waals surface area contributed by atoms with E-state index in [1.165, 1.54) is 4.88 Å². The molecule has 128 valence electrons. The van der Waals surface area contributed by atoms with E-state index in [-0.39, 0.29) is 11.9 Å². The fourth-order valence-electron chi connectivity index (χ4n) is 2.95. The first kappa shape index (κ1) is 17.6. The molecule has 1 saturated heterocycles. The number of benzene rings is 1. The van der Waals surface area contributed by atoms with Gasteiger partial charge < -0.3 is 10.2 Å². The maximum Gasteiger partial charge on any atom is 0.252 e. The second-order valence-electron chi connectivity index (χ2n) is 6.06. The molecule has 0 bridgehead atoms. The molecule has 1 aromatic heterocycles. The number of rotatable bonds is 5. The van der Waals surface area contributed by atoms with Gasteiger partial charge in [-0.15, -0.1) is 11.3 Å². The van der Waals surface area contributed by atoms with Crippen LogP contribution in [0.5, 0.6) is 0 Å². The van der Waals surface area contributed by atoms with E-state index in [1.807, 2.05) is 24.3 Å². The minimum absolute atomic E-state index is 0.0295. The van der Waals surface area contributed by atoms with E-state index in [2.05, 4.69) is 55.6 Å². The van der Waals surface area contributed by atoms with Crippen LogP contribution in [0.4, 0.5) is 0 Å². The summed E-state index contributed by atoms with van der Waals surface area (Å²) < 4.78 is 0.828. The number of carbonyl (C=O) groups is 1. The molecule has 0 spiro atoms. The molecular formula is C18H22BrN3OS. The third-order valence-corrected chi connectivity index (χ3v) is 6.09. The van der Waals surface area contributed by atoms with Crippen molar-refractivity contribution in [1.29, 1.82) is 0 Å². The largest absolute Gasteiger partial charge is 0.350 e. The summed E-state index contributed by atoms with van der Waals surface area (Å²) in [5.41, 5.74) is 0.681. The average Bonchev–Trinajstić information content (AvgIpc) is 3.11. The highest BCUT2D eigenvalue weighted by atomic mass is 79.9. The Kier molecular flexibility index (Phi) is 6.05. The zero-order chi connectivity index (χ0) is 16.9. The van der Waals surface area contributed by atoms with Crippen LogP contribution in [0.1, 0.15) is 21.3 Å². The summed E-state index contributed by atoms with van der Waals surface area (Å²) in [5.74, 6) is -0.0295. The summed E-state index contributed by atoms with van der Waals surface area (Å²) in [6.07, 6.45) is 0. The van der Waals surface area contributed by atoms with Gasteiger partial charge in [-0.2, -0.15) is 0 Å². The van der Waals surface area contributed by atoms with Gasteiger partial charge in [-0.1, -0.05) is 18.2 Å². The van der Waals surface area contributed by atoms with Gasteiger partial charge in [0.05, 0.1) is 11.6 Å². The van der Waals surface area contributed by atoms with Gasteiger partial charge in [-0.05, 0) is 46.6 Å². The van der Waals surface area contributed by atoms with E-state index < -0.39 is 0 Å². The lowest BCUT2D eigenvalue weighted by Crippen LogP contribution is -2.48. The summed E-state index contributed by atoms with van der Waals surface area (Å²) >= 11 is 5.21. The number of hydrogen-bond donors (Lipinski definition) is 1. The lowest BCUT2D eigenvalue weighted by Gasteiger charge is -2.37. The van der Waals surface area contributed by atoms with Crippen molar-refractivity contribution in [3.8, 4) is 0 Å². The van der Waals surface area contributed by atoms with Crippen molar-refractivity contribution in [3.63, 3.8) is 0 Å². The second-order valence-corrected chi connectivity index (χ2v) is 7.89. The van der Waals surface area contributed by atoms with Gasteiger partial charge in [-0.3, -0.25) is 9.69 Å². The number of amides is 1. The molecule has 0 unspecified atom stereocenters. The van der Waals surface area contributed by atoms with E-state index in [0.29, 0.717) is 12.1 Å². The van der Waals surface area contributed by atoms with Crippen LogP contribution in [0.15, 0.2) is 46.3 Å². The smallest absolute Gasteiger partial charge is 0.252 e. The molecule has 0 radical (unpaired) electrons. The molecule has 4 nitrogen and oxygen atoms in total. The minimum Gasteiger partial charge on any atom is -0.350 e. The highest BCUT2D eigenvalue weighted by molar-refractivity contribution is 9.10. The monoisotopic (exact) mass is 407 g/mol. The van der Waals surface area contributed by atoms with E-state index in [0.717, 1.165) is 30.7 Å². The lowest BCUT2D eigenvalue weighted by atomic mass is 10.1. The molecule has 0 aliphatic carbocycles. The van der Waals surface area contributed by atoms with Gasteiger partial charge in [0.25, 0.3) is 5.91 Å². The third kappa shape index (κ3) is 4.25. The molecule has 6 heteroatoms. The van der Waals surface area contributed by atoms with Crippen molar-refractivity contribution < 1.29 is 4.79 Å². The van der Waals surface area contributed by atoms with Gasteiger partial charge in [-0.25, -0.2) is 0 Å². The Morgan fingerprint density at radius 1 is 1.21 bits per heavy atom. The number of thiophene rings is 1. The molecule has 1 N–H and O–H groups in total. The average molecular weight is 408 g/mol. The number of hydrogen-bond acceptors (Lipinski definition) is 4. The number of likely N-dealkylation sites (N-methyl/N-ethyl adjacent to an activating group) is 1. The molecule has 1 aliphatic heterocycles. The van der Waals surface area contributed by atoms with Crippen LogP contribution in [-0.4, -0.2) is 55.5 Å². The molecule has 0 saturated carbocycles. The summed E-state index contributed by atoms with van der Waals surface area (Å²) in [4.78, 5) is 18.6. The van der Waals surface area contributed by atoms with E-state index in [9.17, 15) is 4.79 Å².